The van der Waals surface area contributed by atoms with Crippen LogP contribution in [-0.2, 0) is 6.54 Å². The van der Waals surface area contributed by atoms with Crippen molar-refractivity contribution < 1.29 is 0 Å². The summed E-state index contributed by atoms with van der Waals surface area (Å²) in [4.78, 5) is 6.17. The Bertz CT molecular complexity index is 415. The highest BCUT2D eigenvalue weighted by molar-refractivity contribution is 6.34. The van der Waals surface area contributed by atoms with Gasteiger partial charge in [-0.1, -0.05) is 30.1 Å². The molecule has 0 aliphatic carbocycles. The fraction of sp³-hybridized carbons (Fsp3) is 0.500. The topological polar surface area (TPSA) is 39.9 Å². The molecule has 5 heteroatoms. The monoisotopic (exact) mass is 271 g/mol. The number of hydrogen-bond donors (Lipinski definition) is 0. The summed E-state index contributed by atoms with van der Waals surface area (Å²) in [5.74, 6) is 0.00832. The van der Waals surface area contributed by atoms with Crippen molar-refractivity contribution >= 4 is 23.2 Å². The third-order valence-electron chi connectivity index (χ3n) is 2.49. The van der Waals surface area contributed by atoms with Crippen LogP contribution in [0.3, 0.4) is 0 Å². The minimum atomic E-state index is 0.00832. The smallest absolute Gasteiger partial charge is 0.130 e. The van der Waals surface area contributed by atoms with Crippen LogP contribution in [-0.4, -0.2) is 23.0 Å². The molecule has 1 unspecified atom stereocenters. The summed E-state index contributed by atoms with van der Waals surface area (Å²) < 4.78 is 0. The molecule has 0 aliphatic heterocycles. The summed E-state index contributed by atoms with van der Waals surface area (Å²) in [7, 11) is 0. The zero-order valence-corrected chi connectivity index (χ0v) is 11.5. The molecule has 0 amide bonds. The summed E-state index contributed by atoms with van der Waals surface area (Å²) in [5, 5.41) is 9.82. The summed E-state index contributed by atoms with van der Waals surface area (Å²) >= 11 is 11.8. The molecular weight excluding hydrogens is 257 g/mol. The third-order valence-corrected chi connectivity index (χ3v) is 3.05. The normalized spacial score (nSPS) is 12.5. The van der Waals surface area contributed by atoms with Gasteiger partial charge in [0, 0.05) is 29.9 Å². The summed E-state index contributed by atoms with van der Waals surface area (Å²) in [6, 6.07) is 3.87. The van der Waals surface area contributed by atoms with Gasteiger partial charge in [0.1, 0.15) is 5.15 Å². The molecule has 0 saturated carbocycles. The fourth-order valence-corrected chi connectivity index (χ4v) is 1.95. The van der Waals surface area contributed by atoms with E-state index in [1.165, 1.54) is 0 Å². The predicted octanol–water partition coefficient (Wildman–Crippen LogP) is 3.37. The van der Waals surface area contributed by atoms with Gasteiger partial charge in [-0.25, -0.2) is 4.98 Å². The maximum absolute atomic E-state index is 8.80. The first-order chi connectivity index (χ1) is 8.06. The first kappa shape index (κ1) is 14.2. The molecule has 17 heavy (non-hydrogen) atoms. The van der Waals surface area contributed by atoms with Crippen LogP contribution in [0.1, 0.15) is 19.4 Å². The Morgan fingerprint density at radius 3 is 2.76 bits per heavy atom. The maximum Gasteiger partial charge on any atom is 0.130 e. The van der Waals surface area contributed by atoms with Crippen LogP contribution in [0.2, 0.25) is 10.2 Å². The molecule has 0 radical (unpaired) electrons. The van der Waals surface area contributed by atoms with E-state index in [0.29, 0.717) is 16.7 Å². The molecule has 0 N–H and O–H groups in total. The van der Waals surface area contributed by atoms with Gasteiger partial charge in [0.25, 0.3) is 0 Å². The van der Waals surface area contributed by atoms with Gasteiger partial charge in [-0.05, 0) is 19.5 Å². The van der Waals surface area contributed by atoms with Crippen LogP contribution in [0.25, 0.3) is 0 Å². The highest BCUT2D eigenvalue weighted by atomic mass is 35.5. The van der Waals surface area contributed by atoms with Crippen molar-refractivity contribution in [3.63, 3.8) is 0 Å². The second-order valence-corrected chi connectivity index (χ2v) is 4.75. The predicted molar refractivity (Wildman–Crippen MR) is 70.0 cm³/mol. The van der Waals surface area contributed by atoms with Gasteiger partial charge in [0.2, 0.25) is 0 Å². The zero-order valence-electron chi connectivity index (χ0n) is 9.95. The van der Waals surface area contributed by atoms with Crippen molar-refractivity contribution in [2.45, 2.75) is 20.4 Å². The number of aromatic nitrogens is 1. The molecule has 1 heterocycles. The molecule has 0 fully saturated rings. The summed E-state index contributed by atoms with van der Waals surface area (Å²) in [5.41, 5.74) is 0.933. The van der Waals surface area contributed by atoms with Crippen LogP contribution in [0, 0.1) is 17.2 Å². The van der Waals surface area contributed by atoms with Crippen LogP contribution < -0.4 is 0 Å². The number of hydrogen-bond acceptors (Lipinski definition) is 3. The van der Waals surface area contributed by atoms with E-state index >= 15 is 0 Å². The van der Waals surface area contributed by atoms with E-state index in [9.17, 15) is 0 Å². The van der Waals surface area contributed by atoms with E-state index in [4.69, 9.17) is 28.5 Å². The first-order valence-electron chi connectivity index (χ1n) is 5.48. The molecule has 1 aromatic rings. The largest absolute Gasteiger partial charge is 0.298 e. The summed E-state index contributed by atoms with van der Waals surface area (Å²) in [6.45, 7) is 6.24. The Hall–Kier alpha value is -0.820. The van der Waals surface area contributed by atoms with E-state index in [1.807, 2.05) is 6.92 Å². The van der Waals surface area contributed by atoms with Crippen molar-refractivity contribution in [1.29, 1.82) is 5.26 Å². The standard InChI is InChI=1S/C12H15Cl2N3/c1-3-17(7-9(2)5-15)8-10-6-16-12(14)4-11(10)13/h4,6,9H,3,7-8H2,1-2H3. The molecular formula is C12H15Cl2N3. The lowest BCUT2D eigenvalue weighted by molar-refractivity contribution is 0.260. The van der Waals surface area contributed by atoms with E-state index in [0.717, 1.165) is 18.7 Å². The van der Waals surface area contributed by atoms with Gasteiger partial charge >= 0.3 is 0 Å². The fourth-order valence-electron chi connectivity index (χ4n) is 1.53. The highest BCUT2D eigenvalue weighted by Gasteiger charge is 2.11. The third kappa shape index (κ3) is 4.51. The second kappa shape index (κ2) is 6.80. The van der Waals surface area contributed by atoms with Crippen LogP contribution >= 0.6 is 23.2 Å². The number of nitrogens with zero attached hydrogens (tertiary/aromatic N) is 3. The van der Waals surface area contributed by atoms with E-state index in [-0.39, 0.29) is 5.92 Å². The average Bonchev–Trinajstić information content (AvgIpc) is 2.31. The molecule has 1 atom stereocenters. The number of halogens is 2. The van der Waals surface area contributed by atoms with Gasteiger partial charge < -0.3 is 0 Å². The Labute approximate surface area is 112 Å². The van der Waals surface area contributed by atoms with Crippen LogP contribution in [0.15, 0.2) is 12.3 Å². The Balaban J connectivity index is 2.71. The van der Waals surface area contributed by atoms with Crippen molar-refractivity contribution in [2.75, 3.05) is 13.1 Å². The molecule has 0 spiro atoms. The Kier molecular flexibility index (Phi) is 5.70. The van der Waals surface area contributed by atoms with Crippen molar-refractivity contribution in [3.8, 4) is 6.07 Å². The molecule has 0 saturated heterocycles. The Morgan fingerprint density at radius 1 is 1.53 bits per heavy atom. The average molecular weight is 272 g/mol. The number of pyridine rings is 1. The quantitative estimate of drug-likeness (QED) is 0.771. The molecule has 1 aromatic heterocycles. The molecule has 0 aromatic carbocycles. The Morgan fingerprint density at radius 2 is 2.24 bits per heavy atom. The zero-order chi connectivity index (χ0) is 12.8. The lowest BCUT2D eigenvalue weighted by Crippen LogP contribution is -2.27. The van der Waals surface area contributed by atoms with Gasteiger partial charge in [-0.3, -0.25) is 4.90 Å². The maximum atomic E-state index is 8.80. The van der Waals surface area contributed by atoms with Gasteiger partial charge in [-0.2, -0.15) is 5.26 Å². The summed E-state index contributed by atoms with van der Waals surface area (Å²) in [6.07, 6.45) is 1.68. The molecule has 3 nitrogen and oxygen atoms in total. The van der Waals surface area contributed by atoms with Crippen LogP contribution in [0.4, 0.5) is 0 Å². The second-order valence-electron chi connectivity index (χ2n) is 3.96. The molecule has 0 bridgehead atoms. The van der Waals surface area contributed by atoms with Crippen molar-refractivity contribution in [1.82, 2.24) is 9.88 Å². The van der Waals surface area contributed by atoms with Crippen molar-refractivity contribution in [3.05, 3.63) is 28.0 Å². The van der Waals surface area contributed by atoms with Gasteiger partial charge in [0.15, 0.2) is 0 Å². The lowest BCUT2D eigenvalue weighted by Gasteiger charge is -2.21. The minimum absolute atomic E-state index is 0.00832. The number of nitriles is 1. The van der Waals surface area contributed by atoms with E-state index in [1.54, 1.807) is 12.3 Å². The first-order valence-corrected chi connectivity index (χ1v) is 6.24. The number of rotatable bonds is 5. The minimum Gasteiger partial charge on any atom is -0.298 e. The molecule has 92 valence electrons. The molecule has 0 aliphatic rings. The highest BCUT2D eigenvalue weighted by Crippen LogP contribution is 2.20. The van der Waals surface area contributed by atoms with Gasteiger partial charge in [-0.15, -0.1) is 0 Å². The SMILES string of the molecule is CCN(Cc1cnc(Cl)cc1Cl)CC(C)C#N. The van der Waals surface area contributed by atoms with Gasteiger partial charge in [0.05, 0.1) is 12.0 Å². The van der Waals surface area contributed by atoms with E-state index in [2.05, 4.69) is 22.9 Å². The van der Waals surface area contributed by atoms with E-state index < -0.39 is 0 Å². The lowest BCUT2D eigenvalue weighted by atomic mass is 10.2. The van der Waals surface area contributed by atoms with Crippen molar-refractivity contribution in [2.24, 2.45) is 5.92 Å². The van der Waals surface area contributed by atoms with Crippen LogP contribution in [0.5, 0.6) is 0 Å². The molecule has 1 rings (SSSR count).